The molecule has 1 aromatic carbocycles. The van der Waals surface area contributed by atoms with E-state index in [2.05, 4.69) is 20.1 Å². The Morgan fingerprint density at radius 2 is 1.57 bits per heavy atom. The van der Waals surface area contributed by atoms with Crippen molar-refractivity contribution in [3.63, 3.8) is 0 Å². The van der Waals surface area contributed by atoms with Gasteiger partial charge >= 0.3 is 0 Å². The van der Waals surface area contributed by atoms with Gasteiger partial charge in [-0.1, -0.05) is 58.8 Å². The highest BCUT2D eigenvalue weighted by Crippen LogP contribution is 2.40. The van der Waals surface area contributed by atoms with Crippen LogP contribution in [-0.2, 0) is 20.2 Å². The smallest absolute Gasteiger partial charge is 0.284 e. The number of allylic oxidation sites excluding steroid dienone is 3. The molecule has 0 aromatic heterocycles. The predicted octanol–water partition coefficient (Wildman–Crippen LogP) is 3.49. The number of nitrogens with zero attached hydrogens (tertiary/aromatic N) is 6. The van der Waals surface area contributed by atoms with Crippen LogP contribution < -0.4 is 0 Å². The topological polar surface area (TPSA) is 206 Å². The van der Waals surface area contributed by atoms with Gasteiger partial charge in [0.2, 0.25) is 0 Å². The average Bonchev–Trinajstić information content (AvgIpc) is 2.60. The maximum Gasteiger partial charge on any atom is 0.292 e. The van der Waals surface area contributed by atoms with Crippen LogP contribution in [0.5, 0.6) is 0 Å². The molecule has 0 amide bonds. The van der Waals surface area contributed by atoms with Gasteiger partial charge in [0.15, 0.2) is 0 Å². The third kappa shape index (κ3) is 4.07. The fourth-order valence-electron chi connectivity index (χ4n) is 2.54. The lowest BCUT2D eigenvalue weighted by Gasteiger charge is -2.31. The van der Waals surface area contributed by atoms with Crippen molar-refractivity contribution in [2.75, 3.05) is 0 Å². The molecule has 1 aromatic rings. The molecule has 0 saturated heterocycles. The normalized spacial score (nSPS) is 18.8. The maximum absolute atomic E-state index is 12.0. The number of rotatable bonds is 6. The van der Waals surface area contributed by atoms with Crippen LogP contribution in [0.1, 0.15) is 5.56 Å². The lowest BCUT2D eigenvalue weighted by Crippen LogP contribution is -2.50. The Kier molecular flexibility index (Phi) is 5.95. The number of benzene rings is 1. The zero-order valence-corrected chi connectivity index (χ0v) is 15.4. The summed E-state index contributed by atoms with van der Waals surface area (Å²) in [4.78, 5) is 5.05. The lowest BCUT2D eigenvalue weighted by molar-refractivity contribution is 0.424. The second-order valence-electron chi connectivity index (χ2n) is 5.46. The minimum Gasteiger partial charge on any atom is -0.284 e. The average molecular weight is 424 g/mol. The first-order chi connectivity index (χ1) is 13.0. The number of hydrogen-bond donors (Lipinski definition) is 2. The number of azide groups is 2. The molecule has 0 saturated carbocycles. The van der Waals surface area contributed by atoms with Crippen LogP contribution >= 0.6 is 0 Å². The molecule has 1 aliphatic rings. The maximum atomic E-state index is 12.0. The Labute approximate surface area is 159 Å². The van der Waals surface area contributed by atoms with E-state index in [0.29, 0.717) is 17.3 Å². The zero-order chi connectivity index (χ0) is 21.0. The third-order valence-corrected chi connectivity index (χ3v) is 7.46. The van der Waals surface area contributed by atoms with Gasteiger partial charge in [0, 0.05) is 27.1 Å². The Balaban J connectivity index is 2.59. The molecule has 0 bridgehead atoms. The van der Waals surface area contributed by atoms with Crippen molar-refractivity contribution < 1.29 is 25.9 Å². The Bertz CT molecular complexity index is 1140. The number of hydrogen-bond acceptors (Lipinski definition) is 6. The zero-order valence-electron chi connectivity index (χ0n) is 13.8. The predicted molar refractivity (Wildman–Crippen MR) is 100.0 cm³/mol. The quantitative estimate of drug-likeness (QED) is 0.302. The molecule has 0 heterocycles. The van der Waals surface area contributed by atoms with Crippen molar-refractivity contribution in [1.29, 1.82) is 0 Å². The first-order valence-corrected chi connectivity index (χ1v) is 10.2. The van der Waals surface area contributed by atoms with Gasteiger partial charge < -0.3 is 0 Å². The minimum atomic E-state index is -5.42. The van der Waals surface area contributed by atoms with Gasteiger partial charge in [0.05, 0.1) is 0 Å². The van der Waals surface area contributed by atoms with Crippen molar-refractivity contribution in [3.05, 3.63) is 80.7 Å². The van der Waals surface area contributed by atoms with E-state index in [1.165, 1.54) is 30.3 Å². The Morgan fingerprint density at radius 3 is 2.07 bits per heavy atom. The van der Waals surface area contributed by atoms with Crippen LogP contribution in [0.2, 0.25) is 0 Å². The van der Waals surface area contributed by atoms with Gasteiger partial charge in [0.25, 0.3) is 24.3 Å². The van der Waals surface area contributed by atoms with E-state index in [4.69, 9.17) is 11.1 Å². The highest BCUT2D eigenvalue weighted by atomic mass is 32.3. The lowest BCUT2D eigenvalue weighted by atomic mass is 9.96. The fourth-order valence-corrected chi connectivity index (χ4v) is 5.15. The van der Waals surface area contributed by atoms with E-state index in [0.717, 1.165) is 18.2 Å². The molecule has 0 spiro atoms. The largest absolute Gasteiger partial charge is 0.292 e. The molecule has 2 N–H and O–H groups in total. The second-order valence-corrected chi connectivity index (χ2v) is 8.96. The highest BCUT2D eigenvalue weighted by Gasteiger charge is 2.58. The van der Waals surface area contributed by atoms with Gasteiger partial charge in [0.1, 0.15) is 0 Å². The van der Waals surface area contributed by atoms with E-state index >= 15 is 0 Å². The summed E-state index contributed by atoms with van der Waals surface area (Å²) in [6.45, 7) is 0. The fraction of sp³-hybridized carbons (Fsp3) is 0.143. The SMILES string of the molecule is [N-]=[N+]=NC1=CC(S(=O)(=O)O)(S(=O)(=O)O)C(C=Cc2ccc(N=[N+]=[N-])cc2)C=C1. The molecule has 0 radical (unpaired) electrons. The van der Waals surface area contributed by atoms with Crippen LogP contribution in [0.15, 0.2) is 64.5 Å². The first kappa shape index (κ1) is 21.2. The highest BCUT2D eigenvalue weighted by molar-refractivity contribution is 8.05. The summed E-state index contributed by atoms with van der Waals surface area (Å²) >= 11 is 0. The van der Waals surface area contributed by atoms with E-state index < -0.39 is 35.9 Å². The summed E-state index contributed by atoms with van der Waals surface area (Å²) < 4.78 is 63.9. The minimum absolute atomic E-state index is 0.323. The van der Waals surface area contributed by atoms with Gasteiger partial charge in [-0.25, -0.2) is 0 Å². The summed E-state index contributed by atoms with van der Waals surface area (Å²) in [5.74, 6) is -1.55. The van der Waals surface area contributed by atoms with Crippen molar-refractivity contribution >= 4 is 32.0 Å². The molecule has 1 atom stereocenters. The van der Waals surface area contributed by atoms with Gasteiger partial charge in [-0.15, -0.1) is 0 Å². The molecule has 0 fully saturated rings. The van der Waals surface area contributed by atoms with Crippen molar-refractivity contribution in [2.45, 2.75) is 4.08 Å². The second kappa shape index (κ2) is 7.86. The molecule has 0 aliphatic heterocycles. The van der Waals surface area contributed by atoms with E-state index in [-0.39, 0.29) is 0 Å². The summed E-state index contributed by atoms with van der Waals surface area (Å²) in [6, 6.07) is 5.96. The summed E-state index contributed by atoms with van der Waals surface area (Å²) in [5, 5.41) is 6.51. The summed E-state index contributed by atoms with van der Waals surface area (Å²) in [7, 11) is -10.8. The van der Waals surface area contributed by atoms with E-state index in [1.807, 2.05) is 0 Å². The molecular weight excluding hydrogens is 412 g/mol. The van der Waals surface area contributed by atoms with Crippen molar-refractivity contribution in [3.8, 4) is 0 Å². The molecule has 14 heteroatoms. The molecule has 1 aliphatic carbocycles. The summed E-state index contributed by atoms with van der Waals surface area (Å²) in [5.41, 5.74) is 17.3. The molecule has 146 valence electrons. The van der Waals surface area contributed by atoms with Crippen LogP contribution in [0, 0.1) is 5.92 Å². The molecule has 28 heavy (non-hydrogen) atoms. The van der Waals surface area contributed by atoms with Gasteiger partial charge in [-0.3, -0.25) is 9.11 Å². The monoisotopic (exact) mass is 424 g/mol. The Hall–Kier alpha value is -3.12. The third-order valence-electron chi connectivity index (χ3n) is 3.80. The standard InChI is InChI=1S/C14H12N6O6S2/c15-19-17-12-6-2-10(3-7-12)1-4-11-5-8-13(18-20-16)9-14(11,27(21,22)23)28(24,25)26/h1-9,11H,(H,21,22,23)(H,24,25,26). The molecule has 12 nitrogen and oxygen atoms in total. The van der Waals surface area contributed by atoms with E-state index in [1.54, 1.807) is 0 Å². The van der Waals surface area contributed by atoms with E-state index in [9.17, 15) is 25.9 Å². The summed E-state index contributed by atoms with van der Waals surface area (Å²) in [6.07, 6.45) is 5.14. The Morgan fingerprint density at radius 1 is 1.00 bits per heavy atom. The van der Waals surface area contributed by atoms with Gasteiger partial charge in [-0.05, 0) is 22.7 Å². The molecule has 2 rings (SSSR count). The van der Waals surface area contributed by atoms with Gasteiger partial charge in [-0.2, -0.15) is 16.8 Å². The van der Waals surface area contributed by atoms with Crippen LogP contribution in [0.4, 0.5) is 5.69 Å². The van der Waals surface area contributed by atoms with Crippen LogP contribution in [0.3, 0.4) is 0 Å². The van der Waals surface area contributed by atoms with Crippen LogP contribution in [-0.4, -0.2) is 30.0 Å². The van der Waals surface area contributed by atoms with Crippen molar-refractivity contribution in [1.82, 2.24) is 0 Å². The van der Waals surface area contributed by atoms with Crippen molar-refractivity contribution in [2.24, 2.45) is 16.1 Å². The molecule has 1 unspecified atom stereocenters. The first-order valence-electron chi connectivity index (χ1n) is 7.29. The van der Waals surface area contributed by atoms with Crippen LogP contribution in [0.25, 0.3) is 27.0 Å². The molecular formula is C14H12N6O6S2.